The standard InChI is InChI=1S/C25H26N6O3S/c1-16-13-18-3-2-4-20(18)24(23(16)19-7-10-30-12-9-26-21(30)14-19)27-25(32)29-35(33,34)22-8-11-31(28-22)15-17-5-6-17/h7-14,17H,2-6,15H2,1H3,(H2,27,29,32). The first kappa shape index (κ1) is 21.8. The molecule has 2 aliphatic carbocycles. The highest BCUT2D eigenvalue weighted by Gasteiger charge is 2.27. The van der Waals surface area contributed by atoms with Crippen LogP contribution in [0.3, 0.4) is 0 Å². The molecule has 1 aromatic carbocycles. The molecule has 180 valence electrons. The number of nitrogens with zero attached hydrogens (tertiary/aromatic N) is 4. The van der Waals surface area contributed by atoms with Crippen LogP contribution >= 0.6 is 0 Å². The number of fused-ring (bicyclic) bond motifs is 2. The zero-order valence-electron chi connectivity index (χ0n) is 19.4. The summed E-state index contributed by atoms with van der Waals surface area (Å²) in [6, 6.07) is 6.73. The van der Waals surface area contributed by atoms with Crippen molar-refractivity contribution in [1.29, 1.82) is 0 Å². The van der Waals surface area contributed by atoms with Crippen molar-refractivity contribution in [3.63, 3.8) is 0 Å². The number of benzene rings is 1. The van der Waals surface area contributed by atoms with Gasteiger partial charge in [0.2, 0.25) is 0 Å². The van der Waals surface area contributed by atoms with E-state index in [1.165, 1.54) is 11.6 Å². The van der Waals surface area contributed by atoms with Crippen LogP contribution in [-0.4, -0.2) is 33.6 Å². The van der Waals surface area contributed by atoms with Gasteiger partial charge in [0.05, 0.1) is 5.69 Å². The van der Waals surface area contributed by atoms with Gasteiger partial charge in [-0.15, -0.1) is 0 Å². The third kappa shape index (κ3) is 4.18. The Morgan fingerprint density at radius 1 is 1.14 bits per heavy atom. The Balaban J connectivity index is 1.32. The number of aromatic nitrogens is 4. The third-order valence-electron chi connectivity index (χ3n) is 6.78. The van der Waals surface area contributed by atoms with Crippen LogP contribution in [0.15, 0.2) is 54.1 Å². The molecule has 6 rings (SSSR count). The van der Waals surface area contributed by atoms with Crippen molar-refractivity contribution in [2.24, 2.45) is 5.92 Å². The zero-order valence-corrected chi connectivity index (χ0v) is 20.2. The van der Waals surface area contributed by atoms with E-state index in [1.807, 2.05) is 35.9 Å². The SMILES string of the molecule is Cc1cc2c(c(NC(=O)NS(=O)(=O)c3ccn(CC4CC4)n3)c1-c1ccn3ccnc3c1)CCC2. The fourth-order valence-corrected chi connectivity index (χ4v) is 5.79. The lowest BCUT2D eigenvalue weighted by molar-refractivity contribution is 0.256. The molecule has 2 amide bonds. The number of imidazole rings is 1. The number of rotatable bonds is 6. The minimum atomic E-state index is -4.10. The summed E-state index contributed by atoms with van der Waals surface area (Å²) in [5.41, 5.74) is 6.48. The van der Waals surface area contributed by atoms with Crippen LogP contribution in [0.4, 0.5) is 10.5 Å². The van der Waals surface area contributed by atoms with Crippen LogP contribution in [0, 0.1) is 12.8 Å². The molecule has 1 fully saturated rings. The van der Waals surface area contributed by atoms with Crippen LogP contribution in [0.1, 0.15) is 36.0 Å². The number of hydrogen-bond acceptors (Lipinski definition) is 5. The monoisotopic (exact) mass is 490 g/mol. The van der Waals surface area contributed by atoms with E-state index in [9.17, 15) is 13.2 Å². The van der Waals surface area contributed by atoms with Gasteiger partial charge in [0.1, 0.15) is 5.65 Å². The number of sulfonamides is 1. The summed E-state index contributed by atoms with van der Waals surface area (Å²) in [4.78, 5) is 17.4. The number of nitrogens with one attached hydrogen (secondary N) is 2. The Kier molecular flexibility index (Phi) is 5.14. The Morgan fingerprint density at radius 3 is 2.83 bits per heavy atom. The van der Waals surface area contributed by atoms with Gasteiger partial charge in [0, 0.05) is 36.9 Å². The second kappa shape index (κ2) is 8.23. The lowest BCUT2D eigenvalue weighted by atomic mass is 9.93. The fourth-order valence-electron chi connectivity index (χ4n) is 4.94. The molecule has 3 heterocycles. The number of hydrogen-bond donors (Lipinski definition) is 2. The number of anilines is 1. The zero-order chi connectivity index (χ0) is 24.2. The van der Waals surface area contributed by atoms with Crippen molar-refractivity contribution < 1.29 is 13.2 Å². The summed E-state index contributed by atoms with van der Waals surface area (Å²) in [6.45, 7) is 2.71. The van der Waals surface area contributed by atoms with Gasteiger partial charge in [-0.25, -0.2) is 14.5 Å². The second-order valence-corrected chi connectivity index (χ2v) is 11.1. The van der Waals surface area contributed by atoms with E-state index < -0.39 is 16.1 Å². The molecule has 2 aliphatic rings. The lowest BCUT2D eigenvalue weighted by Crippen LogP contribution is -2.35. The summed E-state index contributed by atoms with van der Waals surface area (Å²) in [5.74, 6) is 0.560. The Hall–Kier alpha value is -3.66. The molecule has 1 saturated carbocycles. The van der Waals surface area contributed by atoms with Crippen LogP contribution in [0.25, 0.3) is 16.8 Å². The number of carbonyl (C=O) groups is 1. The van der Waals surface area contributed by atoms with Crippen molar-refractivity contribution >= 4 is 27.4 Å². The normalized spacial score (nSPS) is 15.3. The summed E-state index contributed by atoms with van der Waals surface area (Å²) < 4.78 is 31.4. The highest BCUT2D eigenvalue weighted by Crippen LogP contribution is 2.40. The molecule has 10 heteroatoms. The molecule has 0 unspecified atom stereocenters. The van der Waals surface area contributed by atoms with Crippen molar-refractivity contribution in [3.8, 4) is 11.1 Å². The van der Waals surface area contributed by atoms with Gasteiger partial charge >= 0.3 is 6.03 Å². The average Bonchev–Trinajstić information content (AvgIpc) is 3.20. The molecule has 0 atom stereocenters. The van der Waals surface area contributed by atoms with E-state index in [0.29, 0.717) is 18.2 Å². The molecule has 0 radical (unpaired) electrons. The fraction of sp³-hybridized carbons (Fsp3) is 0.320. The van der Waals surface area contributed by atoms with Crippen molar-refractivity contribution in [1.82, 2.24) is 23.9 Å². The van der Waals surface area contributed by atoms with Crippen molar-refractivity contribution in [2.75, 3.05) is 5.32 Å². The Labute approximate surface area is 203 Å². The van der Waals surface area contributed by atoms with E-state index in [-0.39, 0.29) is 5.03 Å². The molecule has 0 saturated heterocycles. The van der Waals surface area contributed by atoms with Gasteiger partial charge < -0.3 is 9.72 Å². The molecule has 0 spiro atoms. The summed E-state index contributed by atoms with van der Waals surface area (Å²) in [7, 11) is -4.10. The van der Waals surface area contributed by atoms with Gasteiger partial charge in [-0.2, -0.15) is 13.5 Å². The quantitative estimate of drug-likeness (QED) is 0.426. The first-order valence-corrected chi connectivity index (χ1v) is 13.3. The van der Waals surface area contributed by atoms with Gasteiger partial charge in [0.15, 0.2) is 5.03 Å². The third-order valence-corrected chi connectivity index (χ3v) is 8.01. The maximum absolute atomic E-state index is 13.0. The maximum Gasteiger partial charge on any atom is 0.333 e. The molecule has 0 aliphatic heterocycles. The number of urea groups is 1. The predicted molar refractivity (Wildman–Crippen MR) is 132 cm³/mol. The van der Waals surface area contributed by atoms with Gasteiger partial charge in [-0.3, -0.25) is 4.68 Å². The molecular formula is C25H26N6O3S. The van der Waals surface area contributed by atoms with Gasteiger partial charge in [-0.1, -0.05) is 6.07 Å². The number of carbonyl (C=O) groups excluding carboxylic acids is 1. The minimum Gasteiger partial charge on any atom is -0.307 e. The minimum absolute atomic E-state index is 0.159. The molecule has 0 bridgehead atoms. The smallest absolute Gasteiger partial charge is 0.307 e. The number of amides is 2. The topological polar surface area (TPSA) is 110 Å². The highest BCUT2D eigenvalue weighted by molar-refractivity contribution is 7.90. The Bertz CT molecular complexity index is 1570. The maximum atomic E-state index is 13.0. The van der Waals surface area contributed by atoms with Crippen LogP contribution in [0.2, 0.25) is 0 Å². The second-order valence-electron chi connectivity index (χ2n) is 9.42. The van der Waals surface area contributed by atoms with E-state index in [2.05, 4.69) is 26.2 Å². The van der Waals surface area contributed by atoms with Crippen LogP contribution in [0.5, 0.6) is 0 Å². The van der Waals surface area contributed by atoms with E-state index >= 15 is 0 Å². The molecule has 2 N–H and O–H groups in total. The van der Waals surface area contributed by atoms with Crippen LogP contribution in [-0.2, 0) is 29.4 Å². The molecule has 3 aromatic heterocycles. The summed E-state index contributed by atoms with van der Waals surface area (Å²) in [6.07, 6.45) is 12.2. The van der Waals surface area contributed by atoms with Gasteiger partial charge in [0.25, 0.3) is 10.0 Å². The first-order valence-electron chi connectivity index (χ1n) is 11.8. The average molecular weight is 491 g/mol. The van der Waals surface area contributed by atoms with Crippen molar-refractivity contribution in [3.05, 3.63) is 65.7 Å². The van der Waals surface area contributed by atoms with Gasteiger partial charge in [-0.05, 0) is 85.4 Å². The summed E-state index contributed by atoms with van der Waals surface area (Å²) >= 11 is 0. The number of aryl methyl sites for hydroxylation is 2. The van der Waals surface area contributed by atoms with E-state index in [4.69, 9.17) is 0 Å². The lowest BCUT2D eigenvalue weighted by Gasteiger charge is -2.19. The predicted octanol–water partition coefficient (Wildman–Crippen LogP) is 3.92. The van der Waals surface area contributed by atoms with E-state index in [1.54, 1.807) is 17.1 Å². The first-order chi connectivity index (χ1) is 16.9. The number of pyridine rings is 1. The largest absolute Gasteiger partial charge is 0.333 e. The highest BCUT2D eigenvalue weighted by atomic mass is 32.2. The molecular weight excluding hydrogens is 464 g/mol. The van der Waals surface area contributed by atoms with E-state index in [0.717, 1.165) is 60.0 Å². The van der Waals surface area contributed by atoms with Crippen molar-refractivity contribution in [2.45, 2.75) is 50.6 Å². The molecule has 35 heavy (non-hydrogen) atoms. The summed E-state index contributed by atoms with van der Waals surface area (Å²) in [5, 5.41) is 6.88. The van der Waals surface area contributed by atoms with Crippen LogP contribution < -0.4 is 10.0 Å². The Morgan fingerprint density at radius 2 is 2.00 bits per heavy atom. The molecule has 4 aromatic rings. The molecule has 9 nitrogen and oxygen atoms in total.